The fraction of sp³-hybridized carbons (Fsp3) is 0.667. The van der Waals surface area contributed by atoms with Crippen molar-refractivity contribution in [1.29, 1.82) is 0 Å². The molecule has 0 aromatic heterocycles. The number of carbonyl (C=O) groups is 1. The zero-order valence-corrected chi connectivity index (χ0v) is 18.5. The summed E-state index contributed by atoms with van der Waals surface area (Å²) in [6.07, 6.45) is 5.30. The van der Waals surface area contributed by atoms with Crippen LogP contribution in [0.15, 0.2) is 22.7 Å². The number of halogens is 1. The van der Waals surface area contributed by atoms with Crippen molar-refractivity contribution >= 4 is 22.0 Å². The minimum Gasteiger partial charge on any atom is -0.495 e. The summed E-state index contributed by atoms with van der Waals surface area (Å²) < 4.78 is 17.5. The molecule has 1 aliphatic rings. The Bertz CT molecular complexity index is 607. The number of hydrogen-bond acceptors (Lipinski definition) is 4. The predicted octanol–water partition coefficient (Wildman–Crippen LogP) is 5.65. The van der Waals surface area contributed by atoms with Crippen molar-refractivity contribution in [3.63, 3.8) is 0 Å². The Balaban J connectivity index is 1.60. The number of rotatable bonds is 7. The Labute approximate surface area is 171 Å². The summed E-state index contributed by atoms with van der Waals surface area (Å²) in [5.74, 6) is 2.31. The van der Waals surface area contributed by atoms with Gasteiger partial charge in [-0.25, -0.2) is 4.79 Å². The van der Waals surface area contributed by atoms with E-state index in [2.05, 4.69) is 15.9 Å². The molecule has 152 valence electrons. The summed E-state index contributed by atoms with van der Waals surface area (Å²) in [6.45, 7) is 8.03. The molecule has 0 spiro atoms. The van der Waals surface area contributed by atoms with Gasteiger partial charge in [-0.1, -0.05) is 6.42 Å². The zero-order valence-electron chi connectivity index (χ0n) is 16.9. The molecule has 0 aliphatic carbocycles. The van der Waals surface area contributed by atoms with Crippen LogP contribution in [0.3, 0.4) is 0 Å². The van der Waals surface area contributed by atoms with Crippen LogP contribution in [0.5, 0.6) is 11.5 Å². The van der Waals surface area contributed by atoms with Gasteiger partial charge in [-0.3, -0.25) is 0 Å². The second-order valence-corrected chi connectivity index (χ2v) is 8.91. The number of likely N-dealkylation sites (tertiary alicyclic amines) is 1. The van der Waals surface area contributed by atoms with E-state index in [0.717, 1.165) is 54.7 Å². The van der Waals surface area contributed by atoms with Crippen LogP contribution in [0.4, 0.5) is 4.79 Å². The molecule has 1 aromatic rings. The molecule has 1 fully saturated rings. The van der Waals surface area contributed by atoms with Crippen molar-refractivity contribution in [1.82, 2.24) is 4.90 Å². The number of nitrogens with zero attached hydrogens (tertiary/aromatic N) is 1. The number of amides is 1. The van der Waals surface area contributed by atoms with Crippen molar-refractivity contribution < 1.29 is 19.0 Å². The first kappa shape index (κ1) is 21.9. The molecule has 0 radical (unpaired) electrons. The van der Waals surface area contributed by atoms with Crippen LogP contribution in [0.25, 0.3) is 0 Å². The molecule has 0 N–H and O–H groups in total. The van der Waals surface area contributed by atoms with Gasteiger partial charge >= 0.3 is 6.09 Å². The number of carbonyl (C=O) groups excluding carboxylic acids is 1. The van der Waals surface area contributed by atoms with E-state index >= 15 is 0 Å². The van der Waals surface area contributed by atoms with Gasteiger partial charge in [0.25, 0.3) is 0 Å². The first-order valence-corrected chi connectivity index (χ1v) is 10.5. The van der Waals surface area contributed by atoms with Crippen LogP contribution in [0, 0.1) is 5.92 Å². The minimum atomic E-state index is -0.424. The standard InChI is InChI=1S/C21H32BrNO4/c1-21(2,3)27-20(24)23-12-10-16(11-13-23)7-5-6-14-26-17-8-9-18(22)19(15-17)25-4/h8-9,15-16H,5-7,10-14H2,1-4H3. The van der Waals surface area contributed by atoms with E-state index in [-0.39, 0.29) is 6.09 Å². The predicted molar refractivity (Wildman–Crippen MR) is 111 cm³/mol. The topological polar surface area (TPSA) is 48.0 Å². The summed E-state index contributed by atoms with van der Waals surface area (Å²) in [5.41, 5.74) is -0.424. The molecule has 0 saturated carbocycles. The lowest BCUT2D eigenvalue weighted by Crippen LogP contribution is -2.41. The van der Waals surface area contributed by atoms with E-state index in [1.165, 1.54) is 6.42 Å². The van der Waals surface area contributed by atoms with Crippen molar-refractivity contribution in [3.8, 4) is 11.5 Å². The second kappa shape index (κ2) is 10.2. The summed E-state index contributed by atoms with van der Waals surface area (Å²) in [4.78, 5) is 13.9. The molecule has 1 aromatic carbocycles. The molecule has 0 unspecified atom stereocenters. The highest BCUT2D eigenvalue weighted by Crippen LogP contribution is 2.29. The maximum Gasteiger partial charge on any atom is 0.410 e. The molecular formula is C21H32BrNO4. The fourth-order valence-electron chi connectivity index (χ4n) is 3.19. The Morgan fingerprint density at radius 1 is 1.22 bits per heavy atom. The number of ether oxygens (including phenoxy) is 3. The maximum absolute atomic E-state index is 12.1. The molecule has 1 saturated heterocycles. The third kappa shape index (κ3) is 7.60. The summed E-state index contributed by atoms with van der Waals surface area (Å²) >= 11 is 3.44. The molecule has 1 heterocycles. The minimum absolute atomic E-state index is 0.181. The van der Waals surface area contributed by atoms with Gasteiger partial charge in [0.05, 0.1) is 18.2 Å². The lowest BCUT2D eigenvalue weighted by Gasteiger charge is -2.33. The Morgan fingerprint density at radius 2 is 1.93 bits per heavy atom. The van der Waals surface area contributed by atoms with E-state index in [1.54, 1.807) is 7.11 Å². The largest absolute Gasteiger partial charge is 0.495 e. The van der Waals surface area contributed by atoms with Gasteiger partial charge < -0.3 is 19.1 Å². The number of unbranched alkanes of at least 4 members (excludes halogenated alkanes) is 1. The monoisotopic (exact) mass is 441 g/mol. The van der Waals surface area contributed by atoms with E-state index in [9.17, 15) is 4.79 Å². The van der Waals surface area contributed by atoms with Crippen LogP contribution in [0.1, 0.15) is 52.9 Å². The summed E-state index contributed by atoms with van der Waals surface area (Å²) in [6, 6.07) is 5.78. The number of benzene rings is 1. The second-order valence-electron chi connectivity index (χ2n) is 8.05. The van der Waals surface area contributed by atoms with Crippen LogP contribution in [-0.2, 0) is 4.74 Å². The average molecular weight is 442 g/mol. The Morgan fingerprint density at radius 3 is 2.56 bits per heavy atom. The van der Waals surface area contributed by atoms with Gasteiger partial charge in [-0.15, -0.1) is 0 Å². The molecule has 1 aliphatic heterocycles. The highest BCUT2D eigenvalue weighted by atomic mass is 79.9. The van der Waals surface area contributed by atoms with Crippen molar-refractivity contribution in [2.45, 2.75) is 58.5 Å². The van der Waals surface area contributed by atoms with E-state index < -0.39 is 5.60 Å². The quantitative estimate of drug-likeness (QED) is 0.512. The fourth-order valence-corrected chi connectivity index (χ4v) is 3.59. The highest BCUT2D eigenvalue weighted by molar-refractivity contribution is 9.10. The van der Waals surface area contributed by atoms with E-state index in [4.69, 9.17) is 14.2 Å². The van der Waals surface area contributed by atoms with Gasteiger partial charge in [0.2, 0.25) is 0 Å². The number of methoxy groups -OCH3 is 1. The lowest BCUT2D eigenvalue weighted by molar-refractivity contribution is 0.0180. The summed E-state index contributed by atoms with van der Waals surface area (Å²) in [5, 5.41) is 0. The third-order valence-electron chi connectivity index (χ3n) is 4.66. The van der Waals surface area contributed by atoms with Gasteiger partial charge in [0.1, 0.15) is 17.1 Å². The molecule has 5 nitrogen and oxygen atoms in total. The molecular weight excluding hydrogens is 410 g/mol. The van der Waals surface area contributed by atoms with Crippen LogP contribution in [0.2, 0.25) is 0 Å². The third-order valence-corrected chi connectivity index (χ3v) is 5.32. The maximum atomic E-state index is 12.1. The molecule has 0 bridgehead atoms. The van der Waals surface area contributed by atoms with Gasteiger partial charge in [-0.05, 0) is 80.4 Å². The van der Waals surface area contributed by atoms with Gasteiger partial charge in [0, 0.05) is 19.2 Å². The molecule has 27 heavy (non-hydrogen) atoms. The first-order chi connectivity index (χ1) is 12.8. The van der Waals surface area contributed by atoms with Crippen LogP contribution in [-0.4, -0.2) is 43.4 Å². The van der Waals surface area contributed by atoms with Crippen LogP contribution >= 0.6 is 15.9 Å². The molecule has 2 rings (SSSR count). The molecule has 6 heteroatoms. The lowest BCUT2D eigenvalue weighted by atomic mass is 9.92. The van der Waals surface area contributed by atoms with E-state index in [0.29, 0.717) is 12.5 Å². The normalized spacial score (nSPS) is 15.5. The van der Waals surface area contributed by atoms with E-state index in [1.807, 2.05) is 43.9 Å². The number of hydrogen-bond donors (Lipinski definition) is 0. The van der Waals surface area contributed by atoms with Gasteiger partial charge in [0.15, 0.2) is 0 Å². The van der Waals surface area contributed by atoms with Crippen molar-refractivity contribution in [2.75, 3.05) is 26.8 Å². The molecule has 1 amide bonds. The average Bonchev–Trinajstić information content (AvgIpc) is 2.61. The highest BCUT2D eigenvalue weighted by Gasteiger charge is 2.26. The Kier molecular flexibility index (Phi) is 8.27. The SMILES string of the molecule is COc1cc(OCCCCC2CCN(C(=O)OC(C)(C)C)CC2)ccc1Br. The van der Waals surface area contributed by atoms with Crippen molar-refractivity contribution in [2.24, 2.45) is 5.92 Å². The smallest absolute Gasteiger partial charge is 0.410 e. The zero-order chi connectivity index (χ0) is 19.9. The first-order valence-electron chi connectivity index (χ1n) is 9.73. The van der Waals surface area contributed by atoms with Gasteiger partial charge in [-0.2, -0.15) is 0 Å². The number of piperidine rings is 1. The summed E-state index contributed by atoms with van der Waals surface area (Å²) in [7, 11) is 1.65. The van der Waals surface area contributed by atoms with Crippen molar-refractivity contribution in [3.05, 3.63) is 22.7 Å². The molecule has 0 atom stereocenters. The van der Waals surface area contributed by atoms with Crippen LogP contribution < -0.4 is 9.47 Å². The Hall–Kier alpha value is -1.43.